The van der Waals surface area contributed by atoms with Crippen LogP contribution in [0, 0.1) is 11.8 Å². The van der Waals surface area contributed by atoms with Crippen LogP contribution in [0.2, 0.25) is 0 Å². The highest BCUT2D eigenvalue weighted by atomic mass is 16.5. The summed E-state index contributed by atoms with van der Waals surface area (Å²) in [7, 11) is 0. The van der Waals surface area contributed by atoms with E-state index in [9.17, 15) is 9.59 Å². The van der Waals surface area contributed by atoms with E-state index in [1.165, 1.54) is 12.8 Å². The number of ether oxygens (including phenoxy) is 1. The van der Waals surface area contributed by atoms with Crippen LogP contribution in [0.5, 0.6) is 0 Å². The molecule has 2 unspecified atom stereocenters. The van der Waals surface area contributed by atoms with Crippen LogP contribution in [0.3, 0.4) is 0 Å². The summed E-state index contributed by atoms with van der Waals surface area (Å²) in [6, 6.07) is 0. The monoisotopic (exact) mass is 212 g/mol. The molecule has 2 atom stereocenters. The second-order valence-corrected chi connectivity index (χ2v) is 4.22. The zero-order valence-electron chi connectivity index (χ0n) is 9.62. The standard InChI is InChI=1S/C12H20O3/c1-3-5-6-7-9(4-2)11-10(13)8-15-12(11)14/h9,11H,3-8H2,1-2H3. The Bertz CT molecular complexity index is 219. The molecule has 3 heteroatoms. The number of Topliss-reactive ketones (excluding diaryl/α,β-unsaturated/α-hetero) is 1. The number of rotatable bonds is 6. The number of carbonyl (C=O) groups excluding carboxylic acids is 2. The second kappa shape index (κ2) is 5.89. The van der Waals surface area contributed by atoms with Crippen LogP contribution >= 0.6 is 0 Å². The Morgan fingerprint density at radius 1 is 1.33 bits per heavy atom. The Balaban J connectivity index is 2.49. The third-order valence-corrected chi connectivity index (χ3v) is 3.13. The fourth-order valence-electron chi connectivity index (χ4n) is 2.17. The van der Waals surface area contributed by atoms with Crippen molar-refractivity contribution >= 4 is 11.8 Å². The molecule has 3 nitrogen and oxygen atoms in total. The Kier molecular flexibility index (Phi) is 4.79. The van der Waals surface area contributed by atoms with E-state index in [4.69, 9.17) is 4.74 Å². The zero-order chi connectivity index (χ0) is 11.3. The SMILES string of the molecule is CCCCCC(CC)C1C(=O)COC1=O. The van der Waals surface area contributed by atoms with Crippen LogP contribution in [0.15, 0.2) is 0 Å². The predicted octanol–water partition coefficient (Wildman–Crippen LogP) is 2.33. The lowest BCUT2D eigenvalue weighted by molar-refractivity contribution is -0.142. The lowest BCUT2D eigenvalue weighted by atomic mass is 9.84. The number of cyclic esters (lactones) is 1. The molecule has 0 aromatic carbocycles. The number of carbonyl (C=O) groups is 2. The minimum Gasteiger partial charge on any atom is -0.457 e. The molecule has 1 saturated heterocycles. The van der Waals surface area contributed by atoms with Gasteiger partial charge in [-0.3, -0.25) is 9.59 Å². The van der Waals surface area contributed by atoms with Gasteiger partial charge in [0.05, 0.1) is 0 Å². The van der Waals surface area contributed by atoms with E-state index in [2.05, 4.69) is 6.92 Å². The van der Waals surface area contributed by atoms with Gasteiger partial charge in [0, 0.05) is 0 Å². The predicted molar refractivity (Wildman–Crippen MR) is 57.4 cm³/mol. The fraction of sp³-hybridized carbons (Fsp3) is 0.833. The zero-order valence-corrected chi connectivity index (χ0v) is 9.62. The summed E-state index contributed by atoms with van der Waals surface area (Å²) in [4.78, 5) is 22.8. The molecule has 0 aromatic rings. The molecule has 0 bridgehead atoms. The third-order valence-electron chi connectivity index (χ3n) is 3.13. The van der Waals surface area contributed by atoms with Gasteiger partial charge in [-0.1, -0.05) is 39.5 Å². The third kappa shape index (κ3) is 3.05. The number of unbranched alkanes of at least 4 members (excludes halogenated alkanes) is 2. The van der Waals surface area contributed by atoms with E-state index >= 15 is 0 Å². The van der Waals surface area contributed by atoms with Crippen LogP contribution < -0.4 is 0 Å². The van der Waals surface area contributed by atoms with Crippen molar-refractivity contribution in [3.63, 3.8) is 0 Å². The molecule has 0 spiro atoms. The van der Waals surface area contributed by atoms with E-state index in [-0.39, 0.29) is 24.3 Å². The van der Waals surface area contributed by atoms with Crippen molar-refractivity contribution in [2.45, 2.75) is 46.0 Å². The molecule has 0 radical (unpaired) electrons. The first-order valence-electron chi connectivity index (χ1n) is 5.90. The first kappa shape index (κ1) is 12.2. The number of ketones is 1. The molecular formula is C12H20O3. The van der Waals surface area contributed by atoms with Crippen LogP contribution in [0.4, 0.5) is 0 Å². The number of esters is 1. The molecule has 1 aliphatic heterocycles. The summed E-state index contributed by atoms with van der Waals surface area (Å²) in [6.07, 6.45) is 5.29. The lowest BCUT2D eigenvalue weighted by Gasteiger charge is -2.17. The molecule has 1 aliphatic rings. The quantitative estimate of drug-likeness (QED) is 0.385. The average Bonchev–Trinajstić information content (AvgIpc) is 2.55. The van der Waals surface area contributed by atoms with Crippen LogP contribution in [0.1, 0.15) is 46.0 Å². The number of hydrogen-bond donors (Lipinski definition) is 0. The van der Waals surface area contributed by atoms with Crippen molar-refractivity contribution in [2.24, 2.45) is 11.8 Å². The van der Waals surface area contributed by atoms with Gasteiger partial charge >= 0.3 is 5.97 Å². The first-order chi connectivity index (χ1) is 7.20. The highest BCUT2D eigenvalue weighted by Crippen LogP contribution is 2.27. The fourth-order valence-corrected chi connectivity index (χ4v) is 2.17. The Hall–Kier alpha value is -0.860. The molecule has 15 heavy (non-hydrogen) atoms. The van der Waals surface area contributed by atoms with E-state index in [1.807, 2.05) is 6.92 Å². The highest BCUT2D eigenvalue weighted by molar-refractivity contribution is 6.04. The minimum atomic E-state index is -0.466. The van der Waals surface area contributed by atoms with Gasteiger partial charge in [-0.05, 0) is 12.3 Å². The van der Waals surface area contributed by atoms with Gasteiger partial charge in [0.25, 0.3) is 0 Å². The van der Waals surface area contributed by atoms with Gasteiger partial charge in [0.2, 0.25) is 0 Å². The van der Waals surface area contributed by atoms with Crippen molar-refractivity contribution in [2.75, 3.05) is 6.61 Å². The van der Waals surface area contributed by atoms with Gasteiger partial charge in [0.1, 0.15) is 5.92 Å². The summed E-state index contributed by atoms with van der Waals surface area (Å²) in [6.45, 7) is 4.18. The summed E-state index contributed by atoms with van der Waals surface area (Å²) < 4.78 is 4.78. The molecule has 0 aromatic heterocycles. The molecular weight excluding hydrogens is 192 g/mol. The van der Waals surface area contributed by atoms with E-state index in [0.29, 0.717) is 0 Å². The van der Waals surface area contributed by atoms with E-state index in [1.54, 1.807) is 0 Å². The molecule has 1 fully saturated rings. The lowest BCUT2D eigenvalue weighted by Crippen LogP contribution is -2.25. The van der Waals surface area contributed by atoms with Gasteiger partial charge in [-0.2, -0.15) is 0 Å². The van der Waals surface area contributed by atoms with Crippen molar-refractivity contribution in [1.82, 2.24) is 0 Å². The van der Waals surface area contributed by atoms with E-state index < -0.39 is 5.92 Å². The molecule has 1 rings (SSSR count). The molecule has 1 heterocycles. The maximum atomic E-state index is 11.5. The van der Waals surface area contributed by atoms with Crippen molar-refractivity contribution in [3.8, 4) is 0 Å². The van der Waals surface area contributed by atoms with E-state index in [0.717, 1.165) is 19.3 Å². The van der Waals surface area contributed by atoms with Gasteiger partial charge in [-0.25, -0.2) is 0 Å². The second-order valence-electron chi connectivity index (χ2n) is 4.22. The molecule has 0 amide bonds. The topological polar surface area (TPSA) is 43.4 Å². The minimum absolute atomic E-state index is 0.00617. The molecule has 86 valence electrons. The summed E-state index contributed by atoms with van der Waals surface area (Å²) >= 11 is 0. The summed E-state index contributed by atoms with van der Waals surface area (Å²) in [5, 5.41) is 0. The average molecular weight is 212 g/mol. The summed E-state index contributed by atoms with van der Waals surface area (Å²) in [5.41, 5.74) is 0. The van der Waals surface area contributed by atoms with Gasteiger partial charge in [-0.15, -0.1) is 0 Å². The van der Waals surface area contributed by atoms with Gasteiger partial charge < -0.3 is 4.74 Å². The van der Waals surface area contributed by atoms with Crippen molar-refractivity contribution < 1.29 is 14.3 Å². The molecule has 0 N–H and O–H groups in total. The highest BCUT2D eigenvalue weighted by Gasteiger charge is 2.39. The largest absolute Gasteiger partial charge is 0.457 e. The smallest absolute Gasteiger partial charge is 0.317 e. The van der Waals surface area contributed by atoms with Crippen LogP contribution in [-0.2, 0) is 14.3 Å². The Labute approximate surface area is 91.2 Å². The maximum Gasteiger partial charge on any atom is 0.317 e. The normalized spacial score (nSPS) is 22.9. The summed E-state index contributed by atoms with van der Waals surface area (Å²) in [5.74, 6) is -0.599. The molecule has 0 saturated carbocycles. The molecule has 0 aliphatic carbocycles. The Morgan fingerprint density at radius 3 is 2.53 bits per heavy atom. The first-order valence-corrected chi connectivity index (χ1v) is 5.90. The van der Waals surface area contributed by atoms with Crippen molar-refractivity contribution in [1.29, 1.82) is 0 Å². The van der Waals surface area contributed by atoms with Crippen LogP contribution in [-0.4, -0.2) is 18.4 Å². The maximum absolute atomic E-state index is 11.5. The number of hydrogen-bond acceptors (Lipinski definition) is 3. The van der Waals surface area contributed by atoms with Crippen molar-refractivity contribution in [3.05, 3.63) is 0 Å². The Morgan fingerprint density at radius 2 is 2.07 bits per heavy atom. The van der Waals surface area contributed by atoms with Crippen LogP contribution in [0.25, 0.3) is 0 Å². The van der Waals surface area contributed by atoms with Gasteiger partial charge in [0.15, 0.2) is 12.4 Å².